The highest BCUT2D eigenvalue weighted by atomic mass is 32.1. The van der Waals surface area contributed by atoms with Crippen LogP contribution in [0.2, 0.25) is 0 Å². The zero-order chi connectivity index (χ0) is 12.8. The maximum absolute atomic E-state index is 11.7. The summed E-state index contributed by atoms with van der Waals surface area (Å²) in [7, 11) is 0. The maximum Gasteiger partial charge on any atom is 0.344 e. The molecule has 0 fully saturated rings. The van der Waals surface area contributed by atoms with Gasteiger partial charge in [0.05, 0.1) is 6.61 Å². The molecule has 1 rings (SSSR count). The van der Waals surface area contributed by atoms with Crippen LogP contribution in [0.25, 0.3) is 0 Å². The van der Waals surface area contributed by atoms with Crippen molar-refractivity contribution in [3.8, 4) is 0 Å². The summed E-state index contributed by atoms with van der Waals surface area (Å²) in [5.74, 6) is -0.216. The Morgan fingerprint density at radius 1 is 1.59 bits per heavy atom. The average Bonchev–Trinajstić information content (AvgIpc) is 2.60. The van der Waals surface area contributed by atoms with Gasteiger partial charge in [-0.15, -0.1) is 0 Å². The number of nitrogens with two attached hydrogens (primary N) is 1. The molecule has 3 N–H and O–H groups in total. The minimum absolute atomic E-state index is 0.216. The largest absolute Gasteiger partial charge is 0.462 e. The molecule has 17 heavy (non-hydrogen) atoms. The summed E-state index contributed by atoms with van der Waals surface area (Å²) in [5.41, 5.74) is 7.18. The Bertz CT molecular complexity index is 422. The summed E-state index contributed by atoms with van der Waals surface area (Å²) < 4.78 is 8.88. The maximum atomic E-state index is 11.7. The first-order valence-electron chi connectivity index (χ1n) is 5.35. The van der Waals surface area contributed by atoms with E-state index in [1.54, 1.807) is 6.92 Å². The lowest BCUT2D eigenvalue weighted by Gasteiger charge is -2.04. The van der Waals surface area contributed by atoms with E-state index in [0.29, 0.717) is 23.7 Å². The summed E-state index contributed by atoms with van der Waals surface area (Å²) in [5, 5.41) is 3.75. The Labute approximate surface area is 105 Å². The molecule has 94 valence electrons. The monoisotopic (exact) mass is 255 g/mol. The van der Waals surface area contributed by atoms with Crippen LogP contribution >= 0.6 is 11.5 Å². The Hall–Kier alpha value is -1.56. The molecule has 5 nitrogen and oxygen atoms in total. The Balaban J connectivity index is 2.79. The molecule has 0 atom stereocenters. The number of aromatic nitrogens is 1. The first-order valence-corrected chi connectivity index (χ1v) is 6.13. The lowest BCUT2D eigenvalue weighted by Crippen LogP contribution is -2.10. The first-order chi connectivity index (χ1) is 8.06. The van der Waals surface area contributed by atoms with Gasteiger partial charge in [-0.2, -0.15) is 4.37 Å². The van der Waals surface area contributed by atoms with Crippen molar-refractivity contribution in [2.45, 2.75) is 20.8 Å². The summed E-state index contributed by atoms with van der Waals surface area (Å²) in [6.07, 6.45) is 2.02. The van der Waals surface area contributed by atoms with Crippen molar-refractivity contribution in [1.29, 1.82) is 0 Å². The molecule has 0 aliphatic heterocycles. The van der Waals surface area contributed by atoms with Gasteiger partial charge in [0, 0.05) is 6.54 Å². The van der Waals surface area contributed by atoms with E-state index in [4.69, 9.17) is 10.5 Å². The topological polar surface area (TPSA) is 77.2 Å². The van der Waals surface area contributed by atoms with Crippen LogP contribution < -0.4 is 11.1 Å². The van der Waals surface area contributed by atoms with Crippen molar-refractivity contribution < 1.29 is 9.53 Å². The van der Waals surface area contributed by atoms with E-state index in [1.165, 1.54) is 17.1 Å². The molecule has 0 aliphatic carbocycles. The molecule has 0 bridgehead atoms. The number of hydrogen-bond donors (Lipinski definition) is 2. The van der Waals surface area contributed by atoms with Crippen LogP contribution in [0.15, 0.2) is 11.6 Å². The minimum Gasteiger partial charge on any atom is -0.462 e. The van der Waals surface area contributed by atoms with E-state index < -0.39 is 5.97 Å². The lowest BCUT2D eigenvalue weighted by atomic mass is 10.3. The minimum atomic E-state index is -0.432. The van der Waals surface area contributed by atoms with Gasteiger partial charge < -0.3 is 15.8 Å². The van der Waals surface area contributed by atoms with Crippen LogP contribution in [-0.2, 0) is 4.74 Å². The highest BCUT2D eigenvalue weighted by Crippen LogP contribution is 2.27. The van der Waals surface area contributed by atoms with Crippen molar-refractivity contribution in [3.63, 3.8) is 0 Å². The van der Waals surface area contributed by atoms with Crippen LogP contribution in [0, 0.1) is 0 Å². The highest BCUT2D eigenvalue weighted by molar-refractivity contribution is 7.11. The number of anilines is 2. The summed E-state index contributed by atoms with van der Waals surface area (Å²) in [4.78, 5) is 11.7. The molecule has 0 aliphatic rings. The normalized spacial score (nSPS) is 9.82. The summed E-state index contributed by atoms with van der Waals surface area (Å²) in [6.45, 7) is 6.73. The predicted molar refractivity (Wildman–Crippen MR) is 70.4 cm³/mol. The van der Waals surface area contributed by atoms with E-state index in [9.17, 15) is 4.79 Å². The van der Waals surface area contributed by atoms with Gasteiger partial charge in [0.2, 0.25) is 0 Å². The van der Waals surface area contributed by atoms with Gasteiger partial charge in [0.25, 0.3) is 0 Å². The van der Waals surface area contributed by atoms with E-state index in [0.717, 1.165) is 0 Å². The summed E-state index contributed by atoms with van der Waals surface area (Å²) in [6, 6.07) is 0. The smallest absolute Gasteiger partial charge is 0.344 e. The van der Waals surface area contributed by atoms with E-state index >= 15 is 0 Å². The number of nitrogens with one attached hydrogen (secondary N) is 1. The number of nitrogen functional groups attached to an aromatic ring is 1. The first kappa shape index (κ1) is 13.5. The van der Waals surface area contributed by atoms with E-state index in [-0.39, 0.29) is 5.82 Å². The number of nitrogens with zero attached hydrogens (tertiary/aromatic N) is 1. The number of ether oxygens (including phenoxy) is 1. The fourth-order valence-electron chi connectivity index (χ4n) is 1.17. The fraction of sp³-hybridized carbons (Fsp3) is 0.455. The van der Waals surface area contributed by atoms with Crippen molar-refractivity contribution >= 4 is 28.3 Å². The standard InChI is InChI=1S/C11H17N3O2S/c1-4-16-11(15)8-9(12)14-17-10(8)13-6-5-7(2)3/h5,13H,4,6H2,1-3H3,(H2,12,14). The molecule has 0 spiro atoms. The molecular formula is C11H17N3O2S. The fourth-order valence-corrected chi connectivity index (χ4v) is 1.88. The molecule has 6 heteroatoms. The molecule has 0 aromatic carbocycles. The van der Waals surface area contributed by atoms with Crippen LogP contribution in [0.1, 0.15) is 31.1 Å². The molecule has 0 saturated heterocycles. The van der Waals surface area contributed by atoms with Gasteiger partial charge in [0.15, 0.2) is 5.82 Å². The van der Waals surface area contributed by atoms with Crippen LogP contribution in [0.4, 0.5) is 10.8 Å². The second kappa shape index (κ2) is 6.24. The van der Waals surface area contributed by atoms with Crippen LogP contribution in [0.5, 0.6) is 0 Å². The van der Waals surface area contributed by atoms with Crippen LogP contribution in [0.3, 0.4) is 0 Å². The number of carbonyl (C=O) groups excluding carboxylic acids is 1. The zero-order valence-electron chi connectivity index (χ0n) is 10.2. The second-order valence-corrected chi connectivity index (χ2v) is 4.43. The Kier molecular flexibility index (Phi) is 4.96. The third kappa shape index (κ3) is 3.74. The SMILES string of the molecule is CCOC(=O)c1c(N)nsc1NCC=C(C)C. The second-order valence-electron chi connectivity index (χ2n) is 3.65. The quantitative estimate of drug-likeness (QED) is 0.623. The van der Waals surface area contributed by atoms with Gasteiger partial charge in [-0.25, -0.2) is 4.79 Å². The van der Waals surface area contributed by atoms with Gasteiger partial charge in [-0.05, 0) is 32.3 Å². The summed E-state index contributed by atoms with van der Waals surface area (Å²) >= 11 is 1.17. The molecule has 1 aromatic heterocycles. The van der Waals surface area contributed by atoms with Gasteiger partial charge in [-0.1, -0.05) is 11.6 Å². The zero-order valence-corrected chi connectivity index (χ0v) is 11.1. The molecule has 1 aromatic rings. The van der Waals surface area contributed by atoms with Crippen molar-refractivity contribution in [2.75, 3.05) is 24.2 Å². The molecule has 0 unspecified atom stereocenters. The molecule has 0 radical (unpaired) electrons. The third-order valence-corrected chi connectivity index (χ3v) is 2.79. The van der Waals surface area contributed by atoms with Crippen molar-refractivity contribution in [2.24, 2.45) is 0 Å². The third-order valence-electron chi connectivity index (χ3n) is 1.97. The van der Waals surface area contributed by atoms with Gasteiger partial charge in [-0.3, -0.25) is 0 Å². The number of allylic oxidation sites excluding steroid dienone is 1. The Morgan fingerprint density at radius 2 is 2.29 bits per heavy atom. The number of esters is 1. The number of rotatable bonds is 5. The number of carbonyl (C=O) groups is 1. The molecular weight excluding hydrogens is 238 g/mol. The molecule has 1 heterocycles. The Morgan fingerprint density at radius 3 is 2.88 bits per heavy atom. The predicted octanol–water partition coefficient (Wildman–Crippen LogP) is 2.28. The highest BCUT2D eigenvalue weighted by Gasteiger charge is 2.19. The van der Waals surface area contributed by atoms with Crippen molar-refractivity contribution in [1.82, 2.24) is 4.37 Å². The lowest BCUT2D eigenvalue weighted by molar-refractivity contribution is 0.0529. The van der Waals surface area contributed by atoms with E-state index in [1.807, 2.05) is 19.9 Å². The molecule has 0 saturated carbocycles. The average molecular weight is 255 g/mol. The van der Waals surface area contributed by atoms with Gasteiger partial charge in [0.1, 0.15) is 10.6 Å². The van der Waals surface area contributed by atoms with Gasteiger partial charge >= 0.3 is 5.97 Å². The number of hydrogen-bond acceptors (Lipinski definition) is 6. The van der Waals surface area contributed by atoms with Crippen molar-refractivity contribution in [3.05, 3.63) is 17.2 Å². The molecule has 0 amide bonds. The van der Waals surface area contributed by atoms with E-state index in [2.05, 4.69) is 9.69 Å². The van der Waals surface area contributed by atoms with Crippen LogP contribution in [-0.4, -0.2) is 23.5 Å².